The molecule has 1 aromatic carbocycles. The van der Waals surface area contributed by atoms with E-state index in [2.05, 4.69) is 15.3 Å². The zero-order chi connectivity index (χ0) is 15.6. The van der Waals surface area contributed by atoms with Gasteiger partial charge in [-0.1, -0.05) is 6.07 Å². The molecule has 0 fully saturated rings. The van der Waals surface area contributed by atoms with Crippen molar-refractivity contribution in [1.82, 2.24) is 9.97 Å². The molecule has 1 aromatic heterocycles. The van der Waals surface area contributed by atoms with Crippen molar-refractivity contribution >= 4 is 17.4 Å². The average molecular weight is 324 g/mol. The standard InChI is InChI=1S/C12H7ClF5N3/c13-11-20-9(12(16,17)18)4-10(21-11)19-5-6-1-2-7(14)8(15)3-6/h1-4H,5H2,(H,19,20,21). The van der Waals surface area contributed by atoms with Crippen molar-refractivity contribution in [3.63, 3.8) is 0 Å². The van der Waals surface area contributed by atoms with Crippen molar-refractivity contribution in [2.45, 2.75) is 12.7 Å². The van der Waals surface area contributed by atoms with Gasteiger partial charge in [0.05, 0.1) is 0 Å². The number of nitrogens with one attached hydrogen (secondary N) is 1. The van der Waals surface area contributed by atoms with E-state index >= 15 is 0 Å². The molecule has 0 aliphatic rings. The second-order valence-corrected chi connectivity index (χ2v) is 4.35. The second kappa shape index (κ2) is 5.80. The average Bonchev–Trinajstić information content (AvgIpc) is 2.38. The van der Waals surface area contributed by atoms with Crippen molar-refractivity contribution in [3.05, 3.63) is 52.4 Å². The van der Waals surface area contributed by atoms with E-state index in [4.69, 9.17) is 11.6 Å². The van der Waals surface area contributed by atoms with Crippen LogP contribution in [0.15, 0.2) is 24.3 Å². The van der Waals surface area contributed by atoms with Crippen LogP contribution in [0.2, 0.25) is 5.28 Å². The van der Waals surface area contributed by atoms with Crippen molar-refractivity contribution in [2.24, 2.45) is 0 Å². The number of anilines is 1. The van der Waals surface area contributed by atoms with Gasteiger partial charge in [-0.15, -0.1) is 0 Å². The third-order valence-electron chi connectivity index (χ3n) is 2.45. The third-order valence-corrected chi connectivity index (χ3v) is 2.62. The zero-order valence-corrected chi connectivity index (χ0v) is 10.9. The Kier molecular flexibility index (Phi) is 4.26. The van der Waals surface area contributed by atoms with Crippen LogP contribution >= 0.6 is 11.6 Å². The second-order valence-electron chi connectivity index (χ2n) is 4.01. The summed E-state index contributed by atoms with van der Waals surface area (Å²) in [7, 11) is 0. The molecule has 9 heteroatoms. The lowest BCUT2D eigenvalue weighted by Gasteiger charge is -2.10. The Bertz CT molecular complexity index is 660. The number of halogens is 6. The molecule has 0 unspecified atom stereocenters. The molecule has 0 radical (unpaired) electrons. The van der Waals surface area contributed by atoms with Gasteiger partial charge < -0.3 is 5.32 Å². The van der Waals surface area contributed by atoms with Crippen LogP contribution in [-0.4, -0.2) is 9.97 Å². The van der Waals surface area contributed by atoms with Gasteiger partial charge in [-0.2, -0.15) is 13.2 Å². The summed E-state index contributed by atoms with van der Waals surface area (Å²) in [6.07, 6.45) is -4.66. The molecule has 21 heavy (non-hydrogen) atoms. The number of nitrogens with zero attached hydrogens (tertiary/aromatic N) is 2. The topological polar surface area (TPSA) is 37.8 Å². The molecule has 0 saturated carbocycles. The van der Waals surface area contributed by atoms with Gasteiger partial charge in [0.2, 0.25) is 5.28 Å². The molecule has 0 aliphatic heterocycles. The molecule has 0 atom stereocenters. The lowest BCUT2D eigenvalue weighted by Crippen LogP contribution is -2.11. The summed E-state index contributed by atoms with van der Waals surface area (Å²) in [5, 5.41) is 1.96. The van der Waals surface area contributed by atoms with Crippen molar-refractivity contribution in [3.8, 4) is 0 Å². The summed E-state index contributed by atoms with van der Waals surface area (Å²) in [6, 6.07) is 3.81. The SMILES string of the molecule is Fc1ccc(CNc2cc(C(F)(F)F)nc(Cl)n2)cc1F. The number of hydrogen-bond acceptors (Lipinski definition) is 3. The summed E-state index contributed by atoms with van der Waals surface area (Å²) in [6.45, 7) is -0.0537. The fourth-order valence-electron chi connectivity index (χ4n) is 1.50. The molecule has 0 amide bonds. The molecule has 0 saturated heterocycles. The van der Waals surface area contributed by atoms with Crippen molar-refractivity contribution in [2.75, 3.05) is 5.32 Å². The van der Waals surface area contributed by atoms with E-state index in [9.17, 15) is 22.0 Å². The highest BCUT2D eigenvalue weighted by Gasteiger charge is 2.33. The third kappa shape index (κ3) is 4.01. The largest absolute Gasteiger partial charge is 0.433 e. The predicted octanol–water partition coefficient (Wildman–Crippen LogP) is 4.04. The Morgan fingerprint density at radius 3 is 2.38 bits per heavy atom. The zero-order valence-electron chi connectivity index (χ0n) is 10.2. The van der Waals surface area contributed by atoms with Crippen molar-refractivity contribution < 1.29 is 22.0 Å². The highest BCUT2D eigenvalue weighted by Crippen LogP contribution is 2.29. The molecular formula is C12H7ClF5N3. The van der Waals surface area contributed by atoms with Crippen LogP contribution in [0, 0.1) is 11.6 Å². The van der Waals surface area contributed by atoms with E-state index in [-0.39, 0.29) is 12.4 Å². The van der Waals surface area contributed by atoms with Crippen LogP contribution in [0.5, 0.6) is 0 Å². The Labute approximate surface area is 120 Å². The first-order valence-electron chi connectivity index (χ1n) is 5.55. The Hall–Kier alpha value is -1.96. The number of rotatable bonds is 3. The summed E-state index contributed by atoms with van der Waals surface area (Å²) in [5.41, 5.74) is -0.868. The van der Waals surface area contributed by atoms with Crippen LogP contribution in [-0.2, 0) is 12.7 Å². The molecule has 0 spiro atoms. The molecule has 0 aliphatic carbocycles. The van der Waals surface area contributed by atoms with Gasteiger partial charge >= 0.3 is 6.18 Å². The number of hydrogen-bond donors (Lipinski definition) is 1. The molecular weight excluding hydrogens is 317 g/mol. The fourth-order valence-corrected chi connectivity index (χ4v) is 1.68. The van der Waals surface area contributed by atoms with Crippen LogP contribution < -0.4 is 5.32 Å². The summed E-state index contributed by atoms with van der Waals surface area (Å²) >= 11 is 5.41. The normalized spacial score (nSPS) is 11.5. The molecule has 1 N–H and O–H groups in total. The molecule has 0 bridgehead atoms. The van der Waals surface area contributed by atoms with Gasteiger partial charge in [0, 0.05) is 12.6 Å². The number of benzene rings is 1. The lowest BCUT2D eigenvalue weighted by atomic mass is 10.2. The quantitative estimate of drug-likeness (QED) is 0.684. The van der Waals surface area contributed by atoms with E-state index in [0.29, 0.717) is 11.6 Å². The van der Waals surface area contributed by atoms with Crippen LogP contribution in [0.1, 0.15) is 11.3 Å². The minimum Gasteiger partial charge on any atom is -0.366 e. The smallest absolute Gasteiger partial charge is 0.366 e. The Morgan fingerprint density at radius 1 is 1.05 bits per heavy atom. The molecule has 112 valence electrons. The lowest BCUT2D eigenvalue weighted by molar-refractivity contribution is -0.141. The van der Waals surface area contributed by atoms with Gasteiger partial charge in [0.15, 0.2) is 17.3 Å². The monoisotopic (exact) mass is 323 g/mol. The minimum atomic E-state index is -4.66. The predicted molar refractivity (Wildman–Crippen MR) is 65.7 cm³/mol. The highest BCUT2D eigenvalue weighted by atomic mass is 35.5. The first-order chi connectivity index (χ1) is 9.75. The van der Waals surface area contributed by atoms with Crippen LogP contribution in [0.4, 0.5) is 27.8 Å². The Balaban J connectivity index is 2.16. The fraction of sp³-hybridized carbons (Fsp3) is 0.167. The number of aromatic nitrogens is 2. The number of alkyl halides is 3. The summed E-state index contributed by atoms with van der Waals surface area (Å²) in [4.78, 5) is 6.64. The van der Waals surface area contributed by atoms with Crippen LogP contribution in [0.25, 0.3) is 0 Å². The van der Waals surface area contributed by atoms with Gasteiger partial charge in [-0.3, -0.25) is 0 Å². The van der Waals surface area contributed by atoms with E-state index in [0.717, 1.165) is 12.1 Å². The van der Waals surface area contributed by atoms with Gasteiger partial charge in [-0.05, 0) is 29.3 Å². The molecule has 2 aromatic rings. The van der Waals surface area contributed by atoms with E-state index < -0.39 is 28.8 Å². The van der Waals surface area contributed by atoms with Gasteiger partial charge in [0.1, 0.15) is 5.82 Å². The summed E-state index contributed by atoms with van der Waals surface area (Å²) in [5.74, 6) is -2.23. The van der Waals surface area contributed by atoms with Crippen molar-refractivity contribution in [1.29, 1.82) is 0 Å². The highest BCUT2D eigenvalue weighted by molar-refractivity contribution is 6.28. The maximum atomic E-state index is 13.0. The maximum absolute atomic E-state index is 13.0. The van der Waals surface area contributed by atoms with Crippen LogP contribution in [0.3, 0.4) is 0 Å². The Morgan fingerprint density at radius 2 is 1.76 bits per heavy atom. The molecule has 3 nitrogen and oxygen atoms in total. The molecule has 1 heterocycles. The first-order valence-corrected chi connectivity index (χ1v) is 5.93. The van der Waals surface area contributed by atoms with E-state index in [1.807, 2.05) is 0 Å². The van der Waals surface area contributed by atoms with Gasteiger partial charge in [-0.25, -0.2) is 18.7 Å². The maximum Gasteiger partial charge on any atom is 0.433 e. The van der Waals surface area contributed by atoms with E-state index in [1.165, 1.54) is 6.07 Å². The van der Waals surface area contributed by atoms with E-state index in [1.54, 1.807) is 0 Å². The molecule has 2 rings (SSSR count). The minimum absolute atomic E-state index is 0.0537. The summed E-state index contributed by atoms with van der Waals surface area (Å²) < 4.78 is 63.4. The van der Waals surface area contributed by atoms with Gasteiger partial charge in [0.25, 0.3) is 0 Å². The first kappa shape index (κ1) is 15.4.